The van der Waals surface area contributed by atoms with Crippen molar-refractivity contribution in [3.8, 4) is 0 Å². The summed E-state index contributed by atoms with van der Waals surface area (Å²) >= 11 is 0. The Morgan fingerprint density at radius 1 is 1.22 bits per heavy atom. The predicted molar refractivity (Wildman–Crippen MR) is 88.0 cm³/mol. The van der Waals surface area contributed by atoms with Gasteiger partial charge in [-0.1, -0.05) is 18.2 Å². The van der Waals surface area contributed by atoms with Crippen LogP contribution in [-0.4, -0.2) is 42.4 Å². The number of anilines is 2. The number of carboxylic acid groups (broad SMARTS) is 1. The highest BCUT2D eigenvalue weighted by molar-refractivity contribution is 5.85. The number of ether oxygens (including phenoxy) is 1. The molecule has 2 heterocycles. The maximum atomic E-state index is 10.9. The molecule has 1 aromatic heterocycles. The Kier molecular flexibility index (Phi) is 4.73. The van der Waals surface area contributed by atoms with E-state index in [1.165, 1.54) is 11.8 Å². The van der Waals surface area contributed by atoms with E-state index in [0.29, 0.717) is 12.4 Å². The second kappa shape index (κ2) is 7.11. The number of aromatic carboxylic acids is 1. The minimum atomic E-state index is -1.03. The van der Waals surface area contributed by atoms with Crippen LogP contribution in [-0.2, 0) is 11.3 Å². The molecule has 1 aliphatic heterocycles. The summed E-state index contributed by atoms with van der Waals surface area (Å²) in [6.07, 6.45) is 0. The third-order valence-electron chi connectivity index (χ3n) is 3.73. The van der Waals surface area contributed by atoms with E-state index in [-0.39, 0.29) is 5.69 Å². The molecule has 0 atom stereocenters. The molecule has 0 amide bonds. The maximum Gasteiger partial charge on any atom is 0.354 e. The highest BCUT2D eigenvalue weighted by atomic mass is 16.5. The van der Waals surface area contributed by atoms with Gasteiger partial charge in [-0.25, -0.2) is 9.78 Å². The molecular formula is C17H19N3O3. The van der Waals surface area contributed by atoms with Crippen LogP contribution >= 0.6 is 0 Å². The average molecular weight is 313 g/mol. The van der Waals surface area contributed by atoms with Crippen molar-refractivity contribution in [2.24, 2.45) is 0 Å². The van der Waals surface area contributed by atoms with Crippen LogP contribution in [0, 0.1) is 0 Å². The van der Waals surface area contributed by atoms with Gasteiger partial charge in [0.05, 0.1) is 13.2 Å². The van der Waals surface area contributed by atoms with Crippen molar-refractivity contribution < 1.29 is 14.6 Å². The summed E-state index contributed by atoms with van der Waals surface area (Å²) in [4.78, 5) is 17.3. The molecule has 0 bridgehead atoms. The third kappa shape index (κ3) is 3.98. The van der Waals surface area contributed by atoms with Gasteiger partial charge < -0.3 is 20.1 Å². The van der Waals surface area contributed by atoms with Gasteiger partial charge in [-0.05, 0) is 29.8 Å². The number of carboxylic acids is 1. The summed E-state index contributed by atoms with van der Waals surface area (Å²) in [6.45, 7) is 3.91. The van der Waals surface area contributed by atoms with E-state index in [2.05, 4.69) is 27.3 Å². The van der Waals surface area contributed by atoms with Crippen molar-refractivity contribution in [1.82, 2.24) is 4.98 Å². The number of pyridine rings is 1. The lowest BCUT2D eigenvalue weighted by molar-refractivity contribution is 0.0690. The Hall–Kier alpha value is -2.60. The quantitative estimate of drug-likeness (QED) is 0.882. The molecule has 2 N–H and O–H groups in total. The lowest BCUT2D eigenvalue weighted by Crippen LogP contribution is -2.36. The predicted octanol–water partition coefficient (Wildman–Crippen LogP) is 2.23. The summed E-state index contributed by atoms with van der Waals surface area (Å²) in [7, 11) is 0. The van der Waals surface area contributed by atoms with Crippen LogP contribution in [0.15, 0.2) is 42.5 Å². The fourth-order valence-electron chi connectivity index (χ4n) is 2.53. The number of morpholine rings is 1. The number of benzene rings is 1. The molecule has 0 saturated carbocycles. The number of aromatic nitrogens is 1. The van der Waals surface area contributed by atoms with Crippen LogP contribution in [0.3, 0.4) is 0 Å². The number of nitrogens with zero attached hydrogens (tertiary/aromatic N) is 2. The number of nitrogens with one attached hydrogen (secondary N) is 1. The average Bonchev–Trinajstić information content (AvgIpc) is 2.61. The van der Waals surface area contributed by atoms with Crippen LogP contribution in [0.25, 0.3) is 0 Å². The van der Waals surface area contributed by atoms with Gasteiger partial charge in [0, 0.05) is 25.3 Å². The van der Waals surface area contributed by atoms with Crippen LogP contribution < -0.4 is 10.2 Å². The molecule has 1 aromatic carbocycles. The Labute approximate surface area is 134 Å². The molecule has 3 rings (SSSR count). The fraction of sp³-hybridized carbons (Fsp3) is 0.294. The first kappa shape index (κ1) is 15.3. The van der Waals surface area contributed by atoms with E-state index in [1.54, 1.807) is 12.1 Å². The Balaban J connectivity index is 1.66. The van der Waals surface area contributed by atoms with Crippen LogP contribution in [0.2, 0.25) is 0 Å². The van der Waals surface area contributed by atoms with Gasteiger partial charge in [-0.2, -0.15) is 0 Å². The van der Waals surface area contributed by atoms with E-state index in [4.69, 9.17) is 9.84 Å². The topological polar surface area (TPSA) is 74.7 Å². The van der Waals surface area contributed by atoms with Crippen LogP contribution in [0.1, 0.15) is 16.1 Å². The lowest BCUT2D eigenvalue weighted by Gasteiger charge is -2.29. The van der Waals surface area contributed by atoms with E-state index in [0.717, 1.165) is 31.9 Å². The summed E-state index contributed by atoms with van der Waals surface area (Å²) < 4.78 is 5.38. The molecule has 1 saturated heterocycles. The van der Waals surface area contributed by atoms with Crippen molar-refractivity contribution in [2.45, 2.75) is 6.54 Å². The third-order valence-corrected chi connectivity index (χ3v) is 3.73. The Morgan fingerprint density at radius 2 is 2.00 bits per heavy atom. The van der Waals surface area contributed by atoms with Gasteiger partial charge in [0.1, 0.15) is 5.82 Å². The first-order valence-electron chi connectivity index (χ1n) is 7.58. The Bertz CT molecular complexity index is 684. The van der Waals surface area contributed by atoms with Gasteiger partial charge in [-0.3, -0.25) is 0 Å². The number of hydrogen-bond donors (Lipinski definition) is 2. The van der Waals surface area contributed by atoms with E-state index < -0.39 is 5.97 Å². The molecule has 0 unspecified atom stereocenters. The molecule has 2 aromatic rings. The van der Waals surface area contributed by atoms with Gasteiger partial charge in [0.2, 0.25) is 0 Å². The van der Waals surface area contributed by atoms with Gasteiger partial charge in [0.15, 0.2) is 5.69 Å². The molecule has 1 fully saturated rings. The SMILES string of the molecule is O=C(O)c1cccc(NCc2cccc(N3CCOCC3)c2)n1. The molecule has 6 heteroatoms. The highest BCUT2D eigenvalue weighted by Gasteiger charge is 2.11. The Morgan fingerprint density at radius 3 is 2.78 bits per heavy atom. The molecule has 120 valence electrons. The second-order valence-electron chi connectivity index (χ2n) is 5.34. The van der Waals surface area contributed by atoms with Crippen molar-refractivity contribution in [3.63, 3.8) is 0 Å². The van der Waals surface area contributed by atoms with Crippen LogP contribution in [0.5, 0.6) is 0 Å². The van der Waals surface area contributed by atoms with Crippen molar-refractivity contribution in [3.05, 3.63) is 53.7 Å². The molecule has 23 heavy (non-hydrogen) atoms. The van der Waals surface area contributed by atoms with Gasteiger partial charge in [0.25, 0.3) is 0 Å². The van der Waals surface area contributed by atoms with Crippen molar-refractivity contribution in [2.75, 3.05) is 36.5 Å². The van der Waals surface area contributed by atoms with Gasteiger partial charge in [-0.15, -0.1) is 0 Å². The monoisotopic (exact) mass is 313 g/mol. The summed E-state index contributed by atoms with van der Waals surface area (Å²) in [5.74, 6) is -0.468. The smallest absolute Gasteiger partial charge is 0.354 e. The lowest BCUT2D eigenvalue weighted by atomic mass is 10.1. The molecule has 1 aliphatic rings. The minimum Gasteiger partial charge on any atom is -0.477 e. The summed E-state index contributed by atoms with van der Waals surface area (Å²) in [5.41, 5.74) is 2.34. The second-order valence-corrected chi connectivity index (χ2v) is 5.34. The van der Waals surface area contributed by atoms with Crippen molar-refractivity contribution >= 4 is 17.5 Å². The zero-order valence-electron chi connectivity index (χ0n) is 12.7. The zero-order chi connectivity index (χ0) is 16.1. The molecule has 0 spiro atoms. The summed E-state index contributed by atoms with van der Waals surface area (Å²) in [6, 6.07) is 13.2. The molecule has 0 radical (unpaired) electrons. The standard InChI is InChI=1S/C17H19N3O3/c21-17(22)15-5-2-6-16(19-15)18-12-13-3-1-4-14(11-13)20-7-9-23-10-8-20/h1-6,11H,7-10,12H2,(H,18,19)(H,21,22). The number of carbonyl (C=O) groups is 1. The largest absolute Gasteiger partial charge is 0.477 e. The normalized spacial score (nSPS) is 14.5. The van der Waals surface area contributed by atoms with Gasteiger partial charge >= 0.3 is 5.97 Å². The maximum absolute atomic E-state index is 10.9. The minimum absolute atomic E-state index is 0.0390. The molecule has 6 nitrogen and oxygen atoms in total. The van der Waals surface area contributed by atoms with Crippen molar-refractivity contribution in [1.29, 1.82) is 0 Å². The first-order valence-corrected chi connectivity index (χ1v) is 7.58. The highest BCUT2D eigenvalue weighted by Crippen LogP contribution is 2.18. The number of hydrogen-bond acceptors (Lipinski definition) is 5. The fourth-order valence-corrected chi connectivity index (χ4v) is 2.53. The zero-order valence-corrected chi connectivity index (χ0v) is 12.7. The van der Waals surface area contributed by atoms with Crippen LogP contribution in [0.4, 0.5) is 11.5 Å². The van der Waals surface area contributed by atoms with E-state index in [1.807, 2.05) is 12.1 Å². The molecular weight excluding hydrogens is 294 g/mol. The molecule has 0 aliphatic carbocycles. The summed E-state index contributed by atoms with van der Waals surface area (Å²) in [5, 5.41) is 12.1. The number of rotatable bonds is 5. The van der Waals surface area contributed by atoms with E-state index >= 15 is 0 Å². The van der Waals surface area contributed by atoms with E-state index in [9.17, 15) is 4.79 Å². The first-order chi connectivity index (χ1) is 11.2.